The molecule has 88 valence electrons. The van der Waals surface area contributed by atoms with Crippen LogP contribution in [0.3, 0.4) is 0 Å². The lowest BCUT2D eigenvalue weighted by Gasteiger charge is -2.16. The zero-order chi connectivity index (χ0) is 11.1. The quantitative estimate of drug-likeness (QED) is 0.417. The van der Waals surface area contributed by atoms with Gasteiger partial charge in [0, 0.05) is 0 Å². The highest BCUT2D eigenvalue weighted by atomic mass is 32.2. The van der Waals surface area contributed by atoms with Crippen molar-refractivity contribution in [3.63, 3.8) is 0 Å². The smallest absolute Gasteiger partial charge is 0.246 e. The maximum atomic E-state index is 11.4. The highest BCUT2D eigenvalue weighted by molar-refractivity contribution is 8.00. The summed E-state index contributed by atoms with van der Waals surface area (Å²) in [5.74, 6) is 7.12. The molecule has 0 aromatic rings. The number of amides is 1. The Morgan fingerprint density at radius 3 is 2.73 bits per heavy atom. The number of nitrogens with two attached hydrogens (primary N) is 1. The molecule has 1 unspecified atom stereocenters. The van der Waals surface area contributed by atoms with Crippen LogP contribution in [-0.4, -0.2) is 16.9 Å². The largest absolute Gasteiger partial charge is 0.293 e. The van der Waals surface area contributed by atoms with Gasteiger partial charge in [-0.1, -0.05) is 26.2 Å². The summed E-state index contributed by atoms with van der Waals surface area (Å²) in [5.41, 5.74) is 2.27. The topological polar surface area (TPSA) is 55.1 Å². The van der Waals surface area contributed by atoms with Gasteiger partial charge in [0.1, 0.15) is 0 Å². The van der Waals surface area contributed by atoms with Crippen LogP contribution in [0.1, 0.15) is 45.4 Å². The van der Waals surface area contributed by atoms with Crippen molar-refractivity contribution in [2.75, 3.05) is 5.75 Å². The van der Waals surface area contributed by atoms with Crippen molar-refractivity contribution in [1.82, 2.24) is 5.43 Å². The van der Waals surface area contributed by atoms with Crippen LogP contribution in [0.4, 0.5) is 0 Å². The van der Waals surface area contributed by atoms with Gasteiger partial charge >= 0.3 is 0 Å². The van der Waals surface area contributed by atoms with Gasteiger partial charge < -0.3 is 0 Å². The lowest BCUT2D eigenvalue weighted by molar-refractivity contribution is -0.120. The number of hydrogen-bond acceptors (Lipinski definition) is 3. The van der Waals surface area contributed by atoms with Crippen molar-refractivity contribution in [2.45, 2.75) is 50.7 Å². The van der Waals surface area contributed by atoms with E-state index in [9.17, 15) is 4.79 Å². The summed E-state index contributed by atoms with van der Waals surface area (Å²) < 4.78 is 0. The number of hydrogen-bond donors (Lipinski definition) is 2. The van der Waals surface area contributed by atoms with Crippen LogP contribution in [0.25, 0.3) is 0 Å². The third-order valence-corrected chi connectivity index (χ3v) is 4.51. The molecule has 1 aliphatic carbocycles. The van der Waals surface area contributed by atoms with Crippen LogP contribution >= 0.6 is 11.8 Å². The van der Waals surface area contributed by atoms with Gasteiger partial charge in [0.25, 0.3) is 0 Å². The number of rotatable bonds is 6. The second-order valence-corrected chi connectivity index (χ2v) is 5.51. The van der Waals surface area contributed by atoms with Crippen LogP contribution in [-0.2, 0) is 4.79 Å². The maximum Gasteiger partial charge on any atom is 0.246 e. The van der Waals surface area contributed by atoms with Gasteiger partial charge in [0.15, 0.2) is 0 Å². The molecule has 1 aliphatic rings. The van der Waals surface area contributed by atoms with Crippen molar-refractivity contribution >= 4 is 17.7 Å². The molecular formula is C11H22N2OS. The van der Waals surface area contributed by atoms with Crippen LogP contribution in [0.5, 0.6) is 0 Å². The second kappa shape index (κ2) is 7.12. The summed E-state index contributed by atoms with van der Waals surface area (Å²) in [4.78, 5) is 11.4. The molecule has 1 amide bonds. The molecule has 0 spiro atoms. The van der Waals surface area contributed by atoms with Gasteiger partial charge in [-0.3, -0.25) is 10.2 Å². The van der Waals surface area contributed by atoms with E-state index >= 15 is 0 Å². The fourth-order valence-electron chi connectivity index (χ4n) is 2.07. The minimum absolute atomic E-state index is 0.0140. The Morgan fingerprint density at radius 1 is 1.53 bits per heavy atom. The average Bonchev–Trinajstić information content (AvgIpc) is 2.76. The van der Waals surface area contributed by atoms with E-state index in [1.165, 1.54) is 25.7 Å². The predicted octanol–water partition coefficient (Wildman–Crippen LogP) is 2.07. The number of thioether (sulfide) groups is 1. The summed E-state index contributed by atoms with van der Waals surface area (Å²) in [6, 6.07) is 0. The summed E-state index contributed by atoms with van der Waals surface area (Å²) >= 11 is 1.78. The molecule has 0 bridgehead atoms. The molecule has 3 N–H and O–H groups in total. The van der Waals surface area contributed by atoms with Crippen molar-refractivity contribution in [2.24, 2.45) is 11.8 Å². The lowest BCUT2D eigenvalue weighted by Crippen LogP contribution is -2.37. The Hall–Kier alpha value is -0.220. The Labute approximate surface area is 96.5 Å². The first-order valence-electron chi connectivity index (χ1n) is 5.90. The van der Waals surface area contributed by atoms with E-state index in [2.05, 4.69) is 12.3 Å². The summed E-state index contributed by atoms with van der Waals surface area (Å²) in [6.45, 7) is 2.10. The molecular weight excluding hydrogens is 208 g/mol. The SMILES string of the molecule is CCCC(SCC1CCCC1)C(=O)NN. The van der Waals surface area contributed by atoms with E-state index in [1.807, 2.05) is 0 Å². The zero-order valence-electron chi connectivity index (χ0n) is 9.50. The minimum Gasteiger partial charge on any atom is -0.293 e. The van der Waals surface area contributed by atoms with Crippen molar-refractivity contribution in [1.29, 1.82) is 0 Å². The highest BCUT2D eigenvalue weighted by Gasteiger charge is 2.21. The predicted molar refractivity (Wildman–Crippen MR) is 65.4 cm³/mol. The molecule has 15 heavy (non-hydrogen) atoms. The maximum absolute atomic E-state index is 11.4. The lowest BCUT2D eigenvalue weighted by atomic mass is 10.1. The number of carbonyl (C=O) groups is 1. The van der Waals surface area contributed by atoms with Crippen LogP contribution in [0, 0.1) is 5.92 Å². The average molecular weight is 230 g/mol. The van der Waals surface area contributed by atoms with Gasteiger partial charge in [-0.2, -0.15) is 0 Å². The molecule has 0 heterocycles. The number of hydrazine groups is 1. The molecule has 1 atom stereocenters. The molecule has 0 aliphatic heterocycles. The molecule has 1 rings (SSSR count). The standard InChI is InChI=1S/C11H22N2OS/c1-2-5-10(11(14)13-12)15-8-9-6-3-4-7-9/h9-10H,2-8,12H2,1H3,(H,13,14). The van der Waals surface area contributed by atoms with Crippen LogP contribution in [0.15, 0.2) is 0 Å². The minimum atomic E-state index is -0.0140. The van der Waals surface area contributed by atoms with Crippen molar-refractivity contribution < 1.29 is 4.79 Å². The molecule has 1 fully saturated rings. The molecule has 0 aromatic carbocycles. The fraction of sp³-hybridized carbons (Fsp3) is 0.909. The van der Waals surface area contributed by atoms with Gasteiger partial charge in [-0.05, 0) is 30.9 Å². The molecule has 0 radical (unpaired) electrons. The number of nitrogens with one attached hydrogen (secondary N) is 1. The van der Waals surface area contributed by atoms with E-state index in [4.69, 9.17) is 5.84 Å². The Kier molecular flexibility index (Phi) is 6.10. The summed E-state index contributed by atoms with van der Waals surface area (Å²) in [5, 5.41) is 0.0561. The fourth-order valence-corrected chi connectivity index (χ4v) is 3.53. The van der Waals surface area contributed by atoms with Crippen molar-refractivity contribution in [3.05, 3.63) is 0 Å². The molecule has 0 aromatic heterocycles. The van der Waals surface area contributed by atoms with E-state index in [0.717, 1.165) is 24.5 Å². The normalized spacial score (nSPS) is 19.1. The van der Waals surface area contributed by atoms with Gasteiger partial charge in [-0.25, -0.2) is 5.84 Å². The Bertz CT molecular complexity index is 193. The Morgan fingerprint density at radius 2 is 2.20 bits per heavy atom. The van der Waals surface area contributed by atoms with E-state index in [-0.39, 0.29) is 11.2 Å². The van der Waals surface area contributed by atoms with Crippen molar-refractivity contribution in [3.8, 4) is 0 Å². The van der Waals surface area contributed by atoms with Crippen LogP contribution in [0.2, 0.25) is 0 Å². The summed E-state index contributed by atoms with van der Waals surface area (Å²) in [6.07, 6.45) is 7.39. The number of carbonyl (C=O) groups excluding carboxylic acids is 1. The molecule has 3 nitrogen and oxygen atoms in total. The molecule has 4 heteroatoms. The third-order valence-electron chi connectivity index (χ3n) is 2.99. The van der Waals surface area contributed by atoms with Gasteiger partial charge in [0.2, 0.25) is 5.91 Å². The molecule has 1 saturated carbocycles. The second-order valence-electron chi connectivity index (χ2n) is 4.27. The monoisotopic (exact) mass is 230 g/mol. The first-order chi connectivity index (χ1) is 7.27. The van der Waals surface area contributed by atoms with E-state index in [1.54, 1.807) is 11.8 Å². The van der Waals surface area contributed by atoms with Gasteiger partial charge in [0.05, 0.1) is 5.25 Å². The van der Waals surface area contributed by atoms with E-state index < -0.39 is 0 Å². The zero-order valence-corrected chi connectivity index (χ0v) is 10.3. The van der Waals surface area contributed by atoms with Crippen LogP contribution < -0.4 is 11.3 Å². The first-order valence-corrected chi connectivity index (χ1v) is 6.94. The third kappa shape index (κ3) is 4.43. The first kappa shape index (κ1) is 12.8. The highest BCUT2D eigenvalue weighted by Crippen LogP contribution is 2.30. The van der Waals surface area contributed by atoms with E-state index in [0.29, 0.717) is 0 Å². The molecule has 0 saturated heterocycles. The summed E-state index contributed by atoms with van der Waals surface area (Å²) in [7, 11) is 0. The Balaban J connectivity index is 2.26. The van der Waals surface area contributed by atoms with Gasteiger partial charge in [-0.15, -0.1) is 11.8 Å².